The summed E-state index contributed by atoms with van der Waals surface area (Å²) in [6.07, 6.45) is 3.31. The number of carbonyl (C=O) groups excluding carboxylic acids is 2. The number of nitrogens with zero attached hydrogens (tertiary/aromatic N) is 1. The highest BCUT2D eigenvalue weighted by atomic mass is 35.5. The van der Waals surface area contributed by atoms with Gasteiger partial charge in [0.05, 0.1) is 28.7 Å². The van der Waals surface area contributed by atoms with Gasteiger partial charge in [-0.2, -0.15) is 0 Å². The largest absolute Gasteiger partial charge is 0.464 e. The summed E-state index contributed by atoms with van der Waals surface area (Å²) in [6, 6.07) is 2.64. The van der Waals surface area contributed by atoms with Crippen molar-refractivity contribution in [3.8, 4) is 0 Å². The highest BCUT2D eigenvalue weighted by Gasteiger charge is 2.27. The lowest BCUT2D eigenvalue weighted by molar-refractivity contribution is -0.384. The minimum atomic E-state index is -0.883. The van der Waals surface area contributed by atoms with Crippen molar-refractivity contribution >= 4 is 29.2 Å². The van der Waals surface area contributed by atoms with Crippen LogP contribution >= 0.6 is 11.6 Å². The monoisotopic (exact) mass is 442 g/mol. The fourth-order valence-corrected chi connectivity index (χ4v) is 3.16. The quantitative estimate of drug-likeness (QED) is 0.255. The summed E-state index contributed by atoms with van der Waals surface area (Å²) in [5.41, 5.74) is -0.182. The molecule has 0 spiro atoms. The molecular formula is C20H27ClN2O7. The normalized spacial score (nSPS) is 17.4. The Bertz CT molecular complexity index is 751. The summed E-state index contributed by atoms with van der Waals surface area (Å²) < 4.78 is 16.3. The Labute approximate surface area is 180 Å². The number of esters is 1. The molecule has 1 aliphatic heterocycles. The standard InChI is InChI=1S/C20H27ClN2O7/c1-13(2)18(20(25)30-11-5-10-29-17-6-3-4-9-28-17)22-19(24)15-8-7-14(23(26)27)12-16(15)21/h7-8,12-13,17-18H,3-6,9-11H2,1-2H3,(H,22,24)/t17?,18-/m0/s1. The Morgan fingerprint density at radius 1 is 1.33 bits per heavy atom. The molecule has 1 aromatic rings. The second kappa shape index (κ2) is 11.8. The van der Waals surface area contributed by atoms with Gasteiger partial charge in [-0.25, -0.2) is 4.79 Å². The van der Waals surface area contributed by atoms with Crippen LogP contribution < -0.4 is 5.32 Å². The van der Waals surface area contributed by atoms with Gasteiger partial charge in [0.2, 0.25) is 0 Å². The SMILES string of the molecule is CC(C)[C@H](NC(=O)c1ccc([N+](=O)[O-])cc1Cl)C(=O)OCCCOC1CCCCO1. The second-order valence-corrected chi connectivity index (χ2v) is 7.71. The minimum absolute atomic E-state index is 0.0431. The van der Waals surface area contributed by atoms with Crippen LogP contribution in [-0.4, -0.2) is 49.0 Å². The van der Waals surface area contributed by atoms with Crippen molar-refractivity contribution in [1.82, 2.24) is 5.32 Å². The van der Waals surface area contributed by atoms with Crippen LogP contribution in [0, 0.1) is 16.0 Å². The highest BCUT2D eigenvalue weighted by Crippen LogP contribution is 2.23. The molecule has 1 amide bonds. The van der Waals surface area contributed by atoms with E-state index in [4.69, 9.17) is 25.8 Å². The average Bonchev–Trinajstić information content (AvgIpc) is 2.71. The Hall–Kier alpha value is -2.23. The number of nitro benzene ring substituents is 1. The lowest BCUT2D eigenvalue weighted by Gasteiger charge is -2.23. The molecule has 0 saturated carbocycles. The van der Waals surface area contributed by atoms with Crippen LogP contribution in [0.25, 0.3) is 0 Å². The first kappa shape index (κ1) is 24.0. The molecule has 1 fully saturated rings. The molecule has 1 saturated heterocycles. The van der Waals surface area contributed by atoms with Crippen LogP contribution in [0.15, 0.2) is 18.2 Å². The van der Waals surface area contributed by atoms with E-state index in [1.54, 1.807) is 13.8 Å². The van der Waals surface area contributed by atoms with E-state index in [9.17, 15) is 19.7 Å². The molecule has 1 aliphatic rings. The van der Waals surface area contributed by atoms with Crippen molar-refractivity contribution in [3.63, 3.8) is 0 Å². The lowest BCUT2D eigenvalue weighted by Crippen LogP contribution is -2.45. The number of rotatable bonds is 10. The second-order valence-electron chi connectivity index (χ2n) is 7.30. The molecule has 1 aromatic carbocycles. The molecule has 9 nitrogen and oxygen atoms in total. The van der Waals surface area contributed by atoms with E-state index in [2.05, 4.69) is 5.32 Å². The summed E-state index contributed by atoms with van der Waals surface area (Å²) in [4.78, 5) is 35.1. The Balaban J connectivity index is 1.83. The van der Waals surface area contributed by atoms with E-state index < -0.39 is 22.8 Å². The number of nitro groups is 1. The van der Waals surface area contributed by atoms with E-state index >= 15 is 0 Å². The molecule has 0 radical (unpaired) electrons. The fraction of sp³-hybridized carbons (Fsp3) is 0.600. The van der Waals surface area contributed by atoms with Gasteiger partial charge in [-0.3, -0.25) is 14.9 Å². The van der Waals surface area contributed by atoms with Gasteiger partial charge in [0, 0.05) is 25.2 Å². The van der Waals surface area contributed by atoms with Crippen molar-refractivity contribution < 1.29 is 28.7 Å². The lowest BCUT2D eigenvalue weighted by atomic mass is 10.0. The van der Waals surface area contributed by atoms with Gasteiger partial charge in [-0.1, -0.05) is 25.4 Å². The van der Waals surface area contributed by atoms with Gasteiger partial charge in [-0.05, 0) is 31.2 Å². The maximum atomic E-state index is 12.5. The zero-order valence-corrected chi connectivity index (χ0v) is 17.9. The smallest absolute Gasteiger partial charge is 0.328 e. The van der Waals surface area contributed by atoms with E-state index in [-0.39, 0.29) is 35.1 Å². The van der Waals surface area contributed by atoms with Gasteiger partial charge in [0.15, 0.2) is 6.29 Å². The number of halogens is 1. The molecule has 2 atom stereocenters. The van der Waals surface area contributed by atoms with Gasteiger partial charge < -0.3 is 19.5 Å². The molecular weight excluding hydrogens is 416 g/mol. The number of amides is 1. The van der Waals surface area contributed by atoms with E-state index in [0.717, 1.165) is 25.3 Å². The molecule has 0 aliphatic carbocycles. The van der Waals surface area contributed by atoms with Crippen molar-refractivity contribution in [2.45, 2.75) is 51.9 Å². The summed E-state index contributed by atoms with van der Waals surface area (Å²) in [6.45, 7) is 4.81. The summed E-state index contributed by atoms with van der Waals surface area (Å²) in [7, 11) is 0. The molecule has 2 rings (SSSR count). The first-order valence-corrected chi connectivity index (χ1v) is 10.3. The zero-order valence-electron chi connectivity index (χ0n) is 17.1. The number of non-ortho nitro benzene ring substituents is 1. The Kier molecular flexibility index (Phi) is 9.48. The van der Waals surface area contributed by atoms with Crippen LogP contribution in [0.1, 0.15) is 49.9 Å². The van der Waals surface area contributed by atoms with E-state index in [1.165, 1.54) is 12.1 Å². The third-order valence-electron chi connectivity index (χ3n) is 4.59. The van der Waals surface area contributed by atoms with Crippen molar-refractivity contribution in [3.05, 3.63) is 38.9 Å². The fourth-order valence-electron chi connectivity index (χ4n) is 2.90. The van der Waals surface area contributed by atoms with Crippen molar-refractivity contribution in [1.29, 1.82) is 0 Å². The van der Waals surface area contributed by atoms with E-state index in [1.807, 2.05) is 0 Å². The Morgan fingerprint density at radius 3 is 2.70 bits per heavy atom. The topological polar surface area (TPSA) is 117 Å². The van der Waals surface area contributed by atoms with Gasteiger partial charge in [-0.15, -0.1) is 0 Å². The first-order valence-electron chi connectivity index (χ1n) is 9.94. The van der Waals surface area contributed by atoms with Gasteiger partial charge >= 0.3 is 5.97 Å². The number of carbonyl (C=O) groups is 2. The molecule has 30 heavy (non-hydrogen) atoms. The maximum absolute atomic E-state index is 12.5. The van der Waals surface area contributed by atoms with Crippen LogP contribution in [0.4, 0.5) is 5.69 Å². The first-order chi connectivity index (χ1) is 14.3. The van der Waals surface area contributed by atoms with Crippen LogP contribution in [0.2, 0.25) is 5.02 Å². The minimum Gasteiger partial charge on any atom is -0.464 e. The predicted octanol–water partition coefficient (Wildman–Crippen LogP) is 3.48. The van der Waals surface area contributed by atoms with Crippen molar-refractivity contribution in [2.75, 3.05) is 19.8 Å². The average molecular weight is 443 g/mol. The maximum Gasteiger partial charge on any atom is 0.328 e. The highest BCUT2D eigenvalue weighted by molar-refractivity contribution is 6.34. The summed E-state index contributed by atoms with van der Waals surface area (Å²) in [5, 5.41) is 13.3. The number of ether oxygens (including phenoxy) is 3. The van der Waals surface area contributed by atoms with Crippen molar-refractivity contribution in [2.24, 2.45) is 5.92 Å². The zero-order chi connectivity index (χ0) is 22.1. The molecule has 0 aromatic heterocycles. The summed E-state index contributed by atoms with van der Waals surface area (Å²) in [5.74, 6) is -1.40. The summed E-state index contributed by atoms with van der Waals surface area (Å²) >= 11 is 5.99. The van der Waals surface area contributed by atoms with Crippen LogP contribution in [-0.2, 0) is 19.0 Å². The Morgan fingerprint density at radius 2 is 2.10 bits per heavy atom. The number of hydrogen-bond donors (Lipinski definition) is 1. The van der Waals surface area contributed by atoms with Crippen LogP contribution in [0.5, 0.6) is 0 Å². The third-order valence-corrected chi connectivity index (χ3v) is 4.90. The molecule has 1 unspecified atom stereocenters. The molecule has 1 heterocycles. The third kappa shape index (κ3) is 7.23. The molecule has 10 heteroatoms. The molecule has 1 N–H and O–H groups in total. The van der Waals surface area contributed by atoms with E-state index in [0.29, 0.717) is 19.6 Å². The van der Waals surface area contributed by atoms with Crippen LogP contribution in [0.3, 0.4) is 0 Å². The number of hydrogen-bond acceptors (Lipinski definition) is 7. The number of nitrogens with one attached hydrogen (secondary N) is 1. The predicted molar refractivity (Wildman–Crippen MR) is 109 cm³/mol. The number of benzene rings is 1. The molecule has 0 bridgehead atoms. The molecule has 166 valence electrons. The van der Waals surface area contributed by atoms with Gasteiger partial charge in [0.1, 0.15) is 6.04 Å². The van der Waals surface area contributed by atoms with Gasteiger partial charge in [0.25, 0.3) is 11.6 Å².